The van der Waals surface area contributed by atoms with E-state index in [2.05, 4.69) is 15.4 Å². The van der Waals surface area contributed by atoms with Gasteiger partial charge < -0.3 is 5.32 Å². The zero-order valence-electron chi connectivity index (χ0n) is 13.0. The molecule has 0 spiro atoms. The smallest absolute Gasteiger partial charge is 0.224 e. The van der Waals surface area contributed by atoms with Crippen LogP contribution in [-0.2, 0) is 24.2 Å². The van der Waals surface area contributed by atoms with Gasteiger partial charge in [-0.3, -0.25) is 4.79 Å². The first-order chi connectivity index (χ1) is 11.1. The molecule has 0 aliphatic carbocycles. The normalized spacial score (nSPS) is 11.1. The average Bonchev–Trinajstić information content (AvgIpc) is 3.02. The molecule has 0 saturated carbocycles. The van der Waals surface area contributed by atoms with Crippen molar-refractivity contribution in [2.45, 2.75) is 33.2 Å². The number of hydrogen-bond acceptors (Lipinski definition) is 4. The number of carbonyl (C=O) groups excluding carboxylic acids is 1. The number of halogens is 1. The van der Waals surface area contributed by atoms with Crippen LogP contribution in [0.2, 0.25) is 0 Å². The standard InChI is InChI=1S/C16H17FN4OS/c1-3-15-20-21-13(10(2)19-16(21)23-15)9-18-14(22)8-11-5-4-6-12(17)7-11/h4-7H,3,8-9H2,1-2H3,(H,18,22). The molecule has 3 aromatic rings. The molecular formula is C16H17FN4OS. The third kappa shape index (κ3) is 3.39. The lowest BCUT2D eigenvalue weighted by Gasteiger charge is -2.05. The maximum atomic E-state index is 13.1. The Hall–Kier alpha value is -2.28. The van der Waals surface area contributed by atoms with Crippen LogP contribution >= 0.6 is 11.3 Å². The molecular weight excluding hydrogens is 315 g/mol. The molecule has 2 aromatic heterocycles. The number of imidazole rings is 1. The third-order valence-electron chi connectivity index (χ3n) is 3.55. The Bertz CT molecular complexity index is 855. The van der Waals surface area contributed by atoms with E-state index in [0.29, 0.717) is 12.1 Å². The molecule has 120 valence electrons. The molecule has 7 heteroatoms. The van der Waals surface area contributed by atoms with Crippen molar-refractivity contribution in [3.8, 4) is 0 Å². The Labute approximate surface area is 137 Å². The van der Waals surface area contributed by atoms with E-state index in [1.807, 2.05) is 13.8 Å². The Morgan fingerprint density at radius 1 is 1.43 bits per heavy atom. The van der Waals surface area contributed by atoms with E-state index in [1.165, 1.54) is 12.1 Å². The van der Waals surface area contributed by atoms with Gasteiger partial charge in [0.25, 0.3) is 0 Å². The zero-order chi connectivity index (χ0) is 16.4. The summed E-state index contributed by atoms with van der Waals surface area (Å²) in [5.74, 6) is -0.492. The van der Waals surface area contributed by atoms with Crippen LogP contribution in [0.5, 0.6) is 0 Å². The minimum Gasteiger partial charge on any atom is -0.350 e. The number of fused-ring (bicyclic) bond motifs is 1. The summed E-state index contributed by atoms with van der Waals surface area (Å²) in [6.07, 6.45) is 1.01. The second kappa shape index (κ2) is 6.45. The van der Waals surface area contributed by atoms with Crippen LogP contribution in [0.1, 0.15) is 28.9 Å². The van der Waals surface area contributed by atoms with Gasteiger partial charge in [0.1, 0.15) is 10.8 Å². The van der Waals surface area contributed by atoms with Gasteiger partial charge in [-0.25, -0.2) is 13.9 Å². The first kappa shape index (κ1) is 15.6. The molecule has 1 aromatic carbocycles. The molecule has 0 atom stereocenters. The fourth-order valence-electron chi connectivity index (χ4n) is 2.35. The molecule has 0 saturated heterocycles. The Balaban J connectivity index is 1.69. The second-order valence-corrected chi connectivity index (χ2v) is 6.31. The van der Waals surface area contributed by atoms with Gasteiger partial charge >= 0.3 is 0 Å². The van der Waals surface area contributed by atoms with Gasteiger partial charge in [-0.2, -0.15) is 5.10 Å². The number of aryl methyl sites for hydroxylation is 2. The van der Waals surface area contributed by atoms with Crippen LogP contribution in [0, 0.1) is 12.7 Å². The topological polar surface area (TPSA) is 59.3 Å². The molecule has 0 fully saturated rings. The molecule has 0 radical (unpaired) electrons. The van der Waals surface area contributed by atoms with Gasteiger partial charge in [0, 0.05) is 0 Å². The second-order valence-electron chi connectivity index (χ2n) is 5.27. The highest BCUT2D eigenvalue weighted by molar-refractivity contribution is 7.16. The minimum atomic E-state index is -0.335. The monoisotopic (exact) mass is 332 g/mol. The molecule has 0 aliphatic rings. The lowest BCUT2D eigenvalue weighted by molar-refractivity contribution is -0.120. The van der Waals surface area contributed by atoms with Crippen LogP contribution in [0.4, 0.5) is 4.39 Å². The van der Waals surface area contributed by atoms with E-state index in [9.17, 15) is 9.18 Å². The summed E-state index contributed by atoms with van der Waals surface area (Å²) in [5.41, 5.74) is 2.39. The van der Waals surface area contributed by atoms with Crippen molar-refractivity contribution in [3.63, 3.8) is 0 Å². The molecule has 0 unspecified atom stereocenters. The maximum absolute atomic E-state index is 13.1. The van der Waals surface area contributed by atoms with E-state index in [4.69, 9.17) is 0 Å². The largest absolute Gasteiger partial charge is 0.350 e. The van der Waals surface area contributed by atoms with E-state index in [0.717, 1.165) is 27.8 Å². The summed E-state index contributed by atoms with van der Waals surface area (Å²) in [5, 5.41) is 8.37. The van der Waals surface area contributed by atoms with Crippen LogP contribution in [0.15, 0.2) is 24.3 Å². The van der Waals surface area contributed by atoms with Crippen molar-refractivity contribution in [2.24, 2.45) is 0 Å². The van der Waals surface area contributed by atoms with Crippen molar-refractivity contribution in [2.75, 3.05) is 0 Å². The summed E-state index contributed by atoms with van der Waals surface area (Å²) in [6, 6.07) is 6.07. The van der Waals surface area contributed by atoms with Crippen LogP contribution < -0.4 is 5.32 Å². The molecule has 0 aliphatic heterocycles. The van der Waals surface area contributed by atoms with Gasteiger partial charge in [0.2, 0.25) is 10.9 Å². The lowest BCUT2D eigenvalue weighted by atomic mass is 10.1. The van der Waals surface area contributed by atoms with E-state index < -0.39 is 0 Å². The highest BCUT2D eigenvalue weighted by Crippen LogP contribution is 2.18. The van der Waals surface area contributed by atoms with Crippen molar-refractivity contribution in [1.82, 2.24) is 19.9 Å². The fourth-order valence-corrected chi connectivity index (χ4v) is 3.25. The number of nitrogens with zero attached hydrogens (tertiary/aromatic N) is 3. The predicted octanol–water partition coefficient (Wildman–Crippen LogP) is 2.66. The molecule has 1 amide bonds. The predicted molar refractivity (Wildman–Crippen MR) is 86.9 cm³/mol. The molecule has 5 nitrogen and oxygen atoms in total. The third-order valence-corrected chi connectivity index (χ3v) is 4.60. The summed E-state index contributed by atoms with van der Waals surface area (Å²) in [6.45, 7) is 4.31. The van der Waals surface area contributed by atoms with Gasteiger partial charge in [0.15, 0.2) is 0 Å². The minimum absolute atomic E-state index is 0.149. The van der Waals surface area contributed by atoms with Crippen molar-refractivity contribution in [3.05, 3.63) is 52.0 Å². The Kier molecular flexibility index (Phi) is 4.38. The first-order valence-corrected chi connectivity index (χ1v) is 8.23. The highest BCUT2D eigenvalue weighted by Gasteiger charge is 2.14. The quantitative estimate of drug-likeness (QED) is 0.781. The SMILES string of the molecule is CCc1nn2c(CNC(=O)Cc3cccc(F)c3)c(C)nc2s1. The molecule has 0 bridgehead atoms. The van der Waals surface area contributed by atoms with Gasteiger partial charge in [0.05, 0.1) is 24.4 Å². The van der Waals surface area contributed by atoms with Crippen LogP contribution in [-0.4, -0.2) is 20.5 Å². The van der Waals surface area contributed by atoms with Crippen molar-refractivity contribution < 1.29 is 9.18 Å². The van der Waals surface area contributed by atoms with E-state index >= 15 is 0 Å². The fraction of sp³-hybridized carbons (Fsp3) is 0.312. The number of aromatic nitrogens is 3. The van der Waals surface area contributed by atoms with Gasteiger partial charge in [-0.15, -0.1) is 0 Å². The number of amides is 1. The number of nitrogens with one attached hydrogen (secondary N) is 1. The number of rotatable bonds is 5. The summed E-state index contributed by atoms with van der Waals surface area (Å²) in [4.78, 5) is 17.4. The highest BCUT2D eigenvalue weighted by atomic mass is 32.1. The molecule has 2 heterocycles. The Morgan fingerprint density at radius 2 is 2.26 bits per heavy atom. The van der Waals surface area contributed by atoms with E-state index in [-0.39, 0.29) is 18.1 Å². The first-order valence-electron chi connectivity index (χ1n) is 7.42. The van der Waals surface area contributed by atoms with Crippen LogP contribution in [0.25, 0.3) is 4.96 Å². The zero-order valence-corrected chi connectivity index (χ0v) is 13.8. The van der Waals surface area contributed by atoms with Gasteiger partial charge in [-0.1, -0.05) is 30.4 Å². The molecule has 23 heavy (non-hydrogen) atoms. The number of carbonyl (C=O) groups is 1. The molecule has 3 rings (SSSR count). The lowest BCUT2D eigenvalue weighted by Crippen LogP contribution is -2.25. The van der Waals surface area contributed by atoms with Crippen LogP contribution in [0.3, 0.4) is 0 Å². The summed E-state index contributed by atoms with van der Waals surface area (Å²) in [7, 11) is 0. The van der Waals surface area contributed by atoms with Crippen molar-refractivity contribution >= 4 is 22.2 Å². The average molecular weight is 332 g/mol. The summed E-state index contributed by atoms with van der Waals surface area (Å²) >= 11 is 1.56. The number of hydrogen-bond donors (Lipinski definition) is 1. The number of benzene rings is 1. The summed E-state index contributed by atoms with van der Waals surface area (Å²) < 4.78 is 14.9. The Morgan fingerprint density at radius 3 is 3.00 bits per heavy atom. The van der Waals surface area contributed by atoms with E-state index in [1.54, 1.807) is 28.0 Å². The van der Waals surface area contributed by atoms with Crippen molar-refractivity contribution in [1.29, 1.82) is 0 Å². The molecule has 1 N–H and O–H groups in total. The maximum Gasteiger partial charge on any atom is 0.224 e. The van der Waals surface area contributed by atoms with Gasteiger partial charge in [-0.05, 0) is 31.0 Å².